The molecule has 7 aromatic rings. The van der Waals surface area contributed by atoms with Crippen molar-refractivity contribution in [3.8, 4) is 22.5 Å². The van der Waals surface area contributed by atoms with Crippen LogP contribution in [0.25, 0.3) is 54.7 Å². The summed E-state index contributed by atoms with van der Waals surface area (Å²) in [5.41, 5.74) is 9.58. The molecule has 0 aliphatic heterocycles. The van der Waals surface area contributed by atoms with E-state index in [1.807, 2.05) is 30.5 Å². The van der Waals surface area contributed by atoms with E-state index < -0.39 is 6.85 Å². The molecule has 0 aliphatic carbocycles. The van der Waals surface area contributed by atoms with Crippen molar-refractivity contribution in [2.45, 2.75) is 41.5 Å². The summed E-state index contributed by atoms with van der Waals surface area (Å²) in [4.78, 5) is 14.5. The van der Waals surface area contributed by atoms with Crippen LogP contribution in [-0.2, 0) is 20.1 Å². The van der Waals surface area contributed by atoms with E-state index in [9.17, 15) is 0 Å². The third-order valence-corrected chi connectivity index (χ3v) is 8.47. The fraction of sp³-hybridized carbons (Fsp3) is 0.171. The zero-order valence-corrected chi connectivity index (χ0v) is 26.6. The van der Waals surface area contributed by atoms with Crippen molar-refractivity contribution in [3.05, 3.63) is 112 Å². The number of nitrogens with zero attached hydrogens (tertiary/aromatic N) is 3. The number of pyridine rings is 3. The van der Waals surface area contributed by atoms with Gasteiger partial charge in [-0.1, -0.05) is 29.5 Å². The zero-order valence-electron chi connectivity index (χ0n) is 26.3. The average Bonchev–Trinajstić information content (AvgIpc) is 3.51. The number of aromatic nitrogens is 3. The van der Waals surface area contributed by atoms with Crippen LogP contribution in [0, 0.1) is 53.6 Å². The van der Waals surface area contributed by atoms with E-state index in [2.05, 4.69) is 79.9 Å². The number of aryl methyl sites for hydroxylation is 6. The molecule has 4 nitrogen and oxygen atoms in total. The number of rotatable bonds is 2. The number of hydrogen-bond acceptors (Lipinski definition) is 5. The van der Waals surface area contributed by atoms with Gasteiger partial charge in [-0.2, -0.15) is 0 Å². The third kappa shape index (κ3) is 5.48. The Morgan fingerprint density at radius 1 is 0.878 bits per heavy atom. The largest absolute Gasteiger partial charge is 0.486 e. The van der Waals surface area contributed by atoms with E-state index >= 15 is 0 Å². The van der Waals surface area contributed by atoms with Gasteiger partial charge in [-0.25, -0.2) is 4.98 Å². The molecular weight excluding hydrogens is 703 g/mol. The predicted molar refractivity (Wildman–Crippen MR) is 166 cm³/mol. The maximum absolute atomic E-state index is 7.59. The molecule has 0 amide bonds. The first-order valence-corrected chi connectivity index (χ1v) is 13.8. The fourth-order valence-corrected chi connectivity index (χ4v) is 5.83. The molecular formula is C35H29IrN3OS-2. The summed E-state index contributed by atoms with van der Waals surface area (Å²) >= 11 is 1.71. The van der Waals surface area contributed by atoms with Gasteiger partial charge in [-0.3, -0.25) is 0 Å². The van der Waals surface area contributed by atoms with Gasteiger partial charge in [0.2, 0.25) is 5.71 Å². The molecule has 41 heavy (non-hydrogen) atoms. The molecule has 0 N–H and O–H groups in total. The molecule has 2 aromatic carbocycles. The van der Waals surface area contributed by atoms with Crippen LogP contribution in [0.2, 0.25) is 0 Å². The van der Waals surface area contributed by atoms with Gasteiger partial charge in [0, 0.05) is 63.0 Å². The van der Waals surface area contributed by atoms with Crippen molar-refractivity contribution >= 4 is 43.5 Å². The van der Waals surface area contributed by atoms with Crippen molar-refractivity contribution in [1.29, 1.82) is 0 Å². The molecule has 207 valence electrons. The summed E-state index contributed by atoms with van der Waals surface area (Å²) in [6.07, 6.45) is 3.72. The molecule has 7 rings (SSSR count). The topological polar surface area (TPSA) is 51.8 Å². The van der Waals surface area contributed by atoms with Gasteiger partial charge < -0.3 is 14.4 Å². The number of furan rings is 1. The summed E-state index contributed by atoms with van der Waals surface area (Å²) < 4.78 is 29.9. The second-order valence-corrected chi connectivity index (χ2v) is 11.2. The summed E-state index contributed by atoms with van der Waals surface area (Å²) in [7, 11) is 0. The monoisotopic (exact) mass is 735 g/mol. The Morgan fingerprint density at radius 3 is 2.49 bits per heavy atom. The average molecular weight is 735 g/mol. The quantitative estimate of drug-likeness (QED) is 0.166. The zero-order chi connectivity index (χ0) is 30.5. The van der Waals surface area contributed by atoms with Crippen LogP contribution in [0.3, 0.4) is 0 Å². The Morgan fingerprint density at radius 2 is 1.73 bits per heavy atom. The minimum absolute atomic E-state index is 0. The van der Waals surface area contributed by atoms with Gasteiger partial charge in [0.05, 0.1) is 5.58 Å². The van der Waals surface area contributed by atoms with Crippen molar-refractivity contribution in [2.75, 3.05) is 0 Å². The molecule has 0 aliphatic rings. The summed E-state index contributed by atoms with van der Waals surface area (Å²) in [5.74, 6) is 0. The molecule has 0 saturated carbocycles. The predicted octanol–water partition coefficient (Wildman–Crippen LogP) is 9.45. The normalized spacial score (nSPS) is 12.4. The second-order valence-electron chi connectivity index (χ2n) is 10.00. The number of benzene rings is 2. The first-order chi connectivity index (χ1) is 20.5. The molecule has 0 atom stereocenters. The van der Waals surface area contributed by atoms with E-state index in [1.165, 1.54) is 38.6 Å². The van der Waals surface area contributed by atoms with E-state index in [-0.39, 0.29) is 25.8 Å². The van der Waals surface area contributed by atoms with Crippen LogP contribution in [0.1, 0.15) is 36.9 Å². The van der Waals surface area contributed by atoms with Gasteiger partial charge in [-0.05, 0) is 75.0 Å². The van der Waals surface area contributed by atoms with Gasteiger partial charge >= 0.3 is 0 Å². The van der Waals surface area contributed by atoms with E-state index in [1.54, 1.807) is 23.6 Å². The van der Waals surface area contributed by atoms with Crippen LogP contribution in [0.5, 0.6) is 0 Å². The molecule has 1 radical (unpaired) electrons. The maximum Gasteiger partial charge on any atom is 0.216 e. The van der Waals surface area contributed by atoms with Crippen molar-refractivity contribution in [3.63, 3.8) is 0 Å². The molecule has 0 saturated heterocycles. The number of hydrogen-bond donors (Lipinski definition) is 0. The second kappa shape index (κ2) is 11.7. The molecule has 0 fully saturated rings. The third-order valence-electron chi connectivity index (χ3n) is 7.24. The SMILES string of the molecule is Cc1c[c-]c(-c2cc(C)c(C)cn2)cc1.[2H]C([2H])([2H])c1ccc2c(n1)oc1c(-c3nccc4c(C)c(C)sc34)[c-]ccc12.[Ir]. The van der Waals surface area contributed by atoms with E-state index in [0.29, 0.717) is 11.3 Å². The maximum atomic E-state index is 7.59. The first kappa shape index (κ1) is 25.0. The molecule has 6 heteroatoms. The smallest absolute Gasteiger partial charge is 0.216 e. The summed E-state index contributed by atoms with van der Waals surface area (Å²) in [6.45, 7) is 8.19. The van der Waals surface area contributed by atoms with Crippen molar-refractivity contribution in [1.82, 2.24) is 15.0 Å². The minimum Gasteiger partial charge on any atom is -0.486 e. The first-order valence-electron chi connectivity index (χ1n) is 14.5. The van der Waals surface area contributed by atoms with Gasteiger partial charge in [0.25, 0.3) is 0 Å². The Bertz CT molecular complexity index is 2130. The summed E-state index contributed by atoms with van der Waals surface area (Å²) in [5, 5.41) is 2.83. The van der Waals surface area contributed by atoms with E-state index in [4.69, 9.17) is 8.53 Å². The Kier molecular flexibility index (Phi) is 7.12. The van der Waals surface area contributed by atoms with Gasteiger partial charge in [-0.15, -0.1) is 64.9 Å². The summed E-state index contributed by atoms with van der Waals surface area (Å²) in [6, 6.07) is 23.8. The van der Waals surface area contributed by atoms with Crippen LogP contribution in [0.15, 0.2) is 71.4 Å². The van der Waals surface area contributed by atoms with Crippen LogP contribution >= 0.6 is 11.3 Å². The van der Waals surface area contributed by atoms with Crippen LogP contribution in [-0.4, -0.2) is 15.0 Å². The molecule has 5 aromatic heterocycles. The van der Waals surface area contributed by atoms with Crippen molar-refractivity contribution in [2.24, 2.45) is 0 Å². The standard InChI is InChI=1S/C21H15N2OS.C14H14N.Ir/c1-11-7-8-16-15-5-4-6-17(19(15)24-21(16)23-11)18-20-14(9-10-22-18)12(2)13(3)25-20;1-10-4-6-13(7-5-10)14-8-11(2)12(3)9-15-14;/h4-5,7-10H,1-3H3;4-6,8-9H,1-3H3;/q2*-1;/i1D3;;. The Hall–Kier alpha value is -3.70. The number of fused-ring (bicyclic) bond motifs is 4. The van der Waals surface area contributed by atoms with E-state index in [0.717, 1.165) is 38.0 Å². The van der Waals surface area contributed by atoms with Gasteiger partial charge in [0.1, 0.15) is 0 Å². The molecule has 5 heterocycles. The van der Waals surface area contributed by atoms with Crippen LogP contribution in [0.4, 0.5) is 0 Å². The minimum atomic E-state index is -2.28. The molecule has 0 unspecified atom stereocenters. The fourth-order valence-electron chi connectivity index (χ4n) is 4.68. The number of thiophene rings is 1. The van der Waals surface area contributed by atoms with Crippen LogP contribution < -0.4 is 0 Å². The molecule has 0 bridgehead atoms. The Balaban J connectivity index is 0.000000204. The Labute approximate surface area is 262 Å². The van der Waals surface area contributed by atoms with Gasteiger partial charge in [0.15, 0.2) is 0 Å². The molecule has 0 spiro atoms. The van der Waals surface area contributed by atoms with Crippen molar-refractivity contribution < 1.29 is 28.6 Å².